The number of halogens is 3. The predicted octanol–water partition coefficient (Wildman–Crippen LogP) is 5.90. The first-order valence-electron chi connectivity index (χ1n) is 10.2. The molecule has 4 rings (SSSR count). The first-order valence-corrected chi connectivity index (χ1v) is 11.3. The highest BCUT2D eigenvalue weighted by Crippen LogP contribution is 2.31. The predicted molar refractivity (Wildman–Crippen MR) is 134 cm³/mol. The highest BCUT2D eigenvalue weighted by Gasteiger charge is 2.37. The van der Waals surface area contributed by atoms with Crippen LogP contribution in [-0.2, 0) is 16.2 Å². The molecule has 4 amide bonds. The van der Waals surface area contributed by atoms with Gasteiger partial charge < -0.3 is 9.47 Å². The van der Waals surface area contributed by atoms with E-state index >= 15 is 0 Å². The Morgan fingerprint density at radius 1 is 0.943 bits per heavy atom. The summed E-state index contributed by atoms with van der Waals surface area (Å²) in [5, 5.41) is 3.32. The molecule has 7 nitrogen and oxygen atoms in total. The lowest BCUT2D eigenvalue weighted by Gasteiger charge is -2.26. The topological polar surface area (TPSA) is 84.9 Å². The normalized spacial score (nSPS) is 14.8. The van der Waals surface area contributed by atoms with Gasteiger partial charge in [-0.15, -0.1) is 0 Å². The second-order valence-electron chi connectivity index (χ2n) is 7.38. The van der Waals surface area contributed by atoms with Crippen LogP contribution in [0.25, 0.3) is 6.08 Å². The zero-order chi connectivity index (χ0) is 25.1. The third kappa shape index (κ3) is 5.43. The summed E-state index contributed by atoms with van der Waals surface area (Å²) in [7, 11) is 1.50. The molecule has 0 unspecified atom stereocenters. The van der Waals surface area contributed by atoms with Crippen molar-refractivity contribution < 1.29 is 23.9 Å². The third-order valence-corrected chi connectivity index (χ3v) is 6.04. The number of benzene rings is 3. The fourth-order valence-electron chi connectivity index (χ4n) is 3.34. The smallest absolute Gasteiger partial charge is 0.335 e. The van der Waals surface area contributed by atoms with E-state index in [9.17, 15) is 14.4 Å². The lowest BCUT2D eigenvalue weighted by Crippen LogP contribution is -2.54. The molecule has 35 heavy (non-hydrogen) atoms. The molecule has 3 aromatic rings. The lowest BCUT2D eigenvalue weighted by atomic mass is 10.1. The van der Waals surface area contributed by atoms with E-state index < -0.39 is 17.8 Å². The van der Waals surface area contributed by atoms with Crippen LogP contribution in [0.1, 0.15) is 11.1 Å². The Hall–Kier alpha value is -3.52. The van der Waals surface area contributed by atoms with Crippen LogP contribution in [0.2, 0.25) is 15.1 Å². The highest BCUT2D eigenvalue weighted by molar-refractivity contribution is 6.42. The van der Waals surface area contributed by atoms with Crippen LogP contribution in [0.4, 0.5) is 10.5 Å². The number of methoxy groups -OCH3 is 1. The fourth-order valence-corrected chi connectivity index (χ4v) is 3.84. The molecular formula is C25H17Cl3N2O5. The quantitative estimate of drug-likeness (QED) is 0.316. The molecule has 1 heterocycles. The zero-order valence-corrected chi connectivity index (χ0v) is 20.4. The zero-order valence-electron chi connectivity index (χ0n) is 18.2. The number of urea groups is 1. The molecule has 0 spiro atoms. The average molecular weight is 532 g/mol. The minimum Gasteiger partial charge on any atom is -0.497 e. The van der Waals surface area contributed by atoms with Crippen molar-refractivity contribution in [1.82, 2.24) is 5.32 Å². The second-order valence-corrected chi connectivity index (χ2v) is 8.63. The summed E-state index contributed by atoms with van der Waals surface area (Å²) in [6.07, 6.45) is 1.35. The SMILES string of the molecule is COc1ccc(/C=C2\C(=O)NC(=O)N(c3cccc(Cl)c3)C2=O)c(OCc2ccc(Cl)c(Cl)c2)c1. The number of anilines is 1. The van der Waals surface area contributed by atoms with Gasteiger partial charge in [-0.25, -0.2) is 9.69 Å². The summed E-state index contributed by atoms with van der Waals surface area (Å²) < 4.78 is 11.2. The van der Waals surface area contributed by atoms with Crippen molar-refractivity contribution in [2.24, 2.45) is 0 Å². The molecular weight excluding hydrogens is 515 g/mol. The maximum absolute atomic E-state index is 13.2. The van der Waals surface area contributed by atoms with Crippen LogP contribution >= 0.6 is 34.8 Å². The van der Waals surface area contributed by atoms with Crippen LogP contribution in [0.15, 0.2) is 66.2 Å². The highest BCUT2D eigenvalue weighted by atomic mass is 35.5. The molecule has 3 aromatic carbocycles. The molecule has 1 aliphatic rings. The van der Waals surface area contributed by atoms with Crippen LogP contribution in [0, 0.1) is 0 Å². The first kappa shape index (κ1) is 24.6. The van der Waals surface area contributed by atoms with Crippen molar-refractivity contribution in [3.05, 3.63) is 92.4 Å². The van der Waals surface area contributed by atoms with Gasteiger partial charge in [-0.2, -0.15) is 0 Å². The van der Waals surface area contributed by atoms with Crippen LogP contribution in [0.5, 0.6) is 11.5 Å². The standard InChI is InChI=1S/C25H17Cl3N2O5/c1-34-18-7-6-15(22(12-18)35-13-14-5-8-20(27)21(28)9-14)10-19-23(31)29-25(33)30(24(19)32)17-4-2-3-16(26)11-17/h2-12H,13H2,1H3,(H,29,31,33)/b19-10+. The Kier molecular flexibility index (Phi) is 7.31. The lowest BCUT2D eigenvalue weighted by molar-refractivity contribution is -0.122. The third-order valence-electron chi connectivity index (χ3n) is 5.07. The summed E-state index contributed by atoms with van der Waals surface area (Å²) >= 11 is 18.1. The van der Waals surface area contributed by atoms with E-state index in [1.165, 1.54) is 25.3 Å². The van der Waals surface area contributed by atoms with Crippen molar-refractivity contribution in [2.75, 3.05) is 12.0 Å². The van der Waals surface area contributed by atoms with Crippen LogP contribution in [-0.4, -0.2) is 25.0 Å². The van der Waals surface area contributed by atoms with Crippen LogP contribution in [0.3, 0.4) is 0 Å². The molecule has 10 heteroatoms. The summed E-state index contributed by atoms with van der Waals surface area (Å²) in [6.45, 7) is 0.132. The van der Waals surface area contributed by atoms with Crippen LogP contribution < -0.4 is 19.7 Å². The molecule has 1 aliphatic heterocycles. The Morgan fingerprint density at radius 3 is 2.46 bits per heavy atom. The Balaban J connectivity index is 1.68. The fraction of sp³-hybridized carbons (Fsp3) is 0.0800. The Bertz CT molecular complexity index is 1370. The Labute approximate surface area is 215 Å². The molecule has 1 N–H and O–H groups in total. The summed E-state index contributed by atoms with van der Waals surface area (Å²) in [5.41, 5.74) is 1.15. The Morgan fingerprint density at radius 2 is 1.74 bits per heavy atom. The molecule has 0 atom stereocenters. The van der Waals surface area contributed by atoms with Gasteiger partial charge in [0.25, 0.3) is 11.8 Å². The molecule has 1 saturated heterocycles. The van der Waals surface area contributed by atoms with Gasteiger partial charge in [0, 0.05) is 16.7 Å². The number of nitrogens with one attached hydrogen (secondary N) is 1. The van der Waals surface area contributed by atoms with E-state index in [4.69, 9.17) is 44.3 Å². The summed E-state index contributed by atoms with van der Waals surface area (Å²) in [6, 6.07) is 15.3. The van der Waals surface area contributed by atoms with E-state index in [-0.39, 0.29) is 17.9 Å². The average Bonchev–Trinajstić information content (AvgIpc) is 2.83. The van der Waals surface area contributed by atoms with Crippen molar-refractivity contribution in [1.29, 1.82) is 0 Å². The first-order chi connectivity index (χ1) is 16.8. The van der Waals surface area contributed by atoms with Crippen molar-refractivity contribution in [3.63, 3.8) is 0 Å². The number of hydrogen-bond donors (Lipinski definition) is 1. The number of nitrogens with zero attached hydrogens (tertiary/aromatic N) is 1. The van der Waals surface area contributed by atoms with E-state index in [1.54, 1.807) is 48.5 Å². The maximum atomic E-state index is 13.2. The van der Waals surface area contributed by atoms with Crippen molar-refractivity contribution in [3.8, 4) is 11.5 Å². The molecule has 1 fully saturated rings. The minimum absolute atomic E-state index is 0.132. The molecule has 0 saturated carbocycles. The second kappa shape index (κ2) is 10.4. The number of imide groups is 2. The monoisotopic (exact) mass is 530 g/mol. The number of ether oxygens (including phenoxy) is 2. The van der Waals surface area contributed by atoms with Gasteiger partial charge in [0.15, 0.2) is 0 Å². The number of hydrogen-bond acceptors (Lipinski definition) is 5. The van der Waals surface area contributed by atoms with Gasteiger partial charge in [0.2, 0.25) is 0 Å². The van der Waals surface area contributed by atoms with Gasteiger partial charge >= 0.3 is 6.03 Å². The summed E-state index contributed by atoms with van der Waals surface area (Å²) in [4.78, 5) is 39.0. The number of barbiturate groups is 1. The minimum atomic E-state index is -0.870. The van der Waals surface area contributed by atoms with Gasteiger partial charge in [0.1, 0.15) is 23.7 Å². The van der Waals surface area contributed by atoms with E-state index in [0.717, 1.165) is 10.5 Å². The number of carbonyl (C=O) groups is 3. The van der Waals surface area contributed by atoms with E-state index in [2.05, 4.69) is 5.32 Å². The maximum Gasteiger partial charge on any atom is 0.335 e. The van der Waals surface area contributed by atoms with E-state index in [0.29, 0.717) is 32.1 Å². The number of amides is 4. The molecule has 0 aromatic heterocycles. The van der Waals surface area contributed by atoms with Gasteiger partial charge in [-0.1, -0.05) is 46.9 Å². The van der Waals surface area contributed by atoms with Crippen molar-refractivity contribution in [2.45, 2.75) is 6.61 Å². The molecule has 0 bridgehead atoms. The van der Waals surface area contributed by atoms with Gasteiger partial charge in [-0.3, -0.25) is 14.9 Å². The van der Waals surface area contributed by atoms with Gasteiger partial charge in [-0.05, 0) is 54.1 Å². The van der Waals surface area contributed by atoms with Crippen molar-refractivity contribution >= 4 is 64.4 Å². The molecule has 178 valence electrons. The molecule has 0 aliphatic carbocycles. The number of rotatable bonds is 6. The van der Waals surface area contributed by atoms with Gasteiger partial charge in [0.05, 0.1) is 22.8 Å². The molecule has 0 radical (unpaired) electrons. The van der Waals surface area contributed by atoms with E-state index in [1.807, 2.05) is 0 Å². The number of carbonyl (C=O) groups excluding carboxylic acids is 3. The summed E-state index contributed by atoms with van der Waals surface area (Å²) in [5.74, 6) is -0.780. The largest absolute Gasteiger partial charge is 0.497 e.